The summed E-state index contributed by atoms with van der Waals surface area (Å²) >= 11 is 0. The summed E-state index contributed by atoms with van der Waals surface area (Å²) in [5.74, 6) is -2.14. The van der Waals surface area contributed by atoms with E-state index in [1.54, 1.807) is 0 Å². The monoisotopic (exact) mass is 276 g/mol. The van der Waals surface area contributed by atoms with Crippen LogP contribution in [0.15, 0.2) is 24.3 Å². The Morgan fingerprint density at radius 3 is 2.16 bits per heavy atom. The molecular formula is C12H11F3O4. The second kappa shape index (κ2) is 5.73. The van der Waals surface area contributed by atoms with Crippen LogP contribution in [0.25, 0.3) is 0 Å². The van der Waals surface area contributed by atoms with Gasteiger partial charge in [-0.2, -0.15) is 13.2 Å². The fourth-order valence-corrected chi connectivity index (χ4v) is 1.42. The molecule has 0 fully saturated rings. The molecule has 1 aromatic carbocycles. The van der Waals surface area contributed by atoms with E-state index in [9.17, 15) is 22.8 Å². The van der Waals surface area contributed by atoms with Gasteiger partial charge in [-0.3, -0.25) is 9.59 Å². The SMILES string of the molecule is CC(=O)Oc1ccccc1C(OC(C)=O)C(F)(F)F. The van der Waals surface area contributed by atoms with E-state index in [0.717, 1.165) is 19.9 Å². The Labute approximate surface area is 107 Å². The van der Waals surface area contributed by atoms with E-state index in [-0.39, 0.29) is 5.75 Å². The Hall–Kier alpha value is -2.05. The van der Waals surface area contributed by atoms with Gasteiger partial charge in [-0.05, 0) is 6.07 Å². The molecule has 4 nitrogen and oxygen atoms in total. The van der Waals surface area contributed by atoms with Gasteiger partial charge < -0.3 is 9.47 Å². The van der Waals surface area contributed by atoms with E-state index in [1.165, 1.54) is 18.2 Å². The third-order valence-electron chi connectivity index (χ3n) is 2.04. The minimum atomic E-state index is -4.80. The molecule has 0 aromatic heterocycles. The van der Waals surface area contributed by atoms with Crippen LogP contribution in [0.3, 0.4) is 0 Å². The maximum Gasteiger partial charge on any atom is 0.429 e. The van der Waals surface area contributed by atoms with Crippen molar-refractivity contribution < 1.29 is 32.2 Å². The lowest BCUT2D eigenvalue weighted by molar-refractivity contribution is -0.223. The first-order valence-electron chi connectivity index (χ1n) is 5.23. The normalized spacial score (nSPS) is 12.7. The number of hydrogen-bond donors (Lipinski definition) is 0. The van der Waals surface area contributed by atoms with Crippen LogP contribution in [0.2, 0.25) is 0 Å². The summed E-state index contributed by atoms with van der Waals surface area (Å²) in [6.45, 7) is 1.93. The fraction of sp³-hybridized carbons (Fsp3) is 0.333. The molecule has 104 valence electrons. The van der Waals surface area contributed by atoms with Crippen LogP contribution in [0, 0.1) is 0 Å². The van der Waals surface area contributed by atoms with E-state index < -0.39 is 29.8 Å². The van der Waals surface area contributed by atoms with E-state index in [1.807, 2.05) is 0 Å². The quantitative estimate of drug-likeness (QED) is 0.629. The molecule has 0 saturated heterocycles. The highest BCUT2D eigenvalue weighted by molar-refractivity contribution is 5.70. The van der Waals surface area contributed by atoms with E-state index >= 15 is 0 Å². The first-order valence-corrected chi connectivity index (χ1v) is 5.23. The molecular weight excluding hydrogens is 265 g/mol. The smallest absolute Gasteiger partial charge is 0.429 e. The Balaban J connectivity index is 3.22. The molecule has 0 heterocycles. The number of esters is 2. The highest BCUT2D eigenvalue weighted by Gasteiger charge is 2.45. The zero-order valence-corrected chi connectivity index (χ0v) is 10.2. The number of rotatable bonds is 3. The lowest BCUT2D eigenvalue weighted by atomic mass is 10.1. The summed E-state index contributed by atoms with van der Waals surface area (Å²) in [4.78, 5) is 21.6. The fourth-order valence-electron chi connectivity index (χ4n) is 1.42. The van der Waals surface area contributed by atoms with Gasteiger partial charge in [-0.25, -0.2) is 0 Å². The van der Waals surface area contributed by atoms with Crippen molar-refractivity contribution in [3.63, 3.8) is 0 Å². The molecule has 0 bridgehead atoms. The molecule has 7 heteroatoms. The van der Waals surface area contributed by atoms with Crippen LogP contribution >= 0.6 is 0 Å². The van der Waals surface area contributed by atoms with Crippen molar-refractivity contribution in [2.75, 3.05) is 0 Å². The summed E-state index contributed by atoms with van der Waals surface area (Å²) in [5, 5.41) is 0. The summed E-state index contributed by atoms with van der Waals surface area (Å²) in [6.07, 6.45) is -7.28. The van der Waals surface area contributed by atoms with Crippen LogP contribution in [0.4, 0.5) is 13.2 Å². The number of benzene rings is 1. The van der Waals surface area contributed by atoms with Crippen molar-refractivity contribution in [2.24, 2.45) is 0 Å². The van der Waals surface area contributed by atoms with Crippen molar-refractivity contribution in [1.29, 1.82) is 0 Å². The first kappa shape index (κ1) is 15.0. The second-order valence-corrected chi connectivity index (χ2v) is 3.66. The topological polar surface area (TPSA) is 52.6 Å². The van der Waals surface area contributed by atoms with Crippen LogP contribution in [0.1, 0.15) is 25.5 Å². The molecule has 1 atom stereocenters. The van der Waals surface area contributed by atoms with Gasteiger partial charge in [-0.1, -0.05) is 18.2 Å². The predicted molar refractivity (Wildman–Crippen MR) is 58.3 cm³/mol. The van der Waals surface area contributed by atoms with Crippen molar-refractivity contribution >= 4 is 11.9 Å². The molecule has 0 amide bonds. The van der Waals surface area contributed by atoms with Gasteiger partial charge in [0.25, 0.3) is 0 Å². The average molecular weight is 276 g/mol. The molecule has 0 radical (unpaired) electrons. The Morgan fingerprint density at radius 2 is 1.68 bits per heavy atom. The Kier molecular flexibility index (Phi) is 4.52. The largest absolute Gasteiger partial charge is 0.448 e. The van der Waals surface area contributed by atoms with Gasteiger partial charge in [-0.15, -0.1) is 0 Å². The summed E-state index contributed by atoms with van der Waals surface area (Å²) in [5.41, 5.74) is -0.430. The molecule has 0 aliphatic carbocycles. The van der Waals surface area contributed by atoms with Crippen LogP contribution in [-0.4, -0.2) is 18.1 Å². The molecule has 0 spiro atoms. The molecule has 1 unspecified atom stereocenters. The van der Waals surface area contributed by atoms with Gasteiger partial charge in [0, 0.05) is 19.4 Å². The number of carbonyl (C=O) groups excluding carboxylic acids is 2. The maximum atomic E-state index is 12.9. The Bertz CT molecular complexity index is 482. The standard InChI is InChI=1S/C12H11F3O4/c1-7(16)18-10-6-4-3-5-9(10)11(12(13,14)15)19-8(2)17/h3-6,11H,1-2H3. The van der Waals surface area contributed by atoms with Crippen molar-refractivity contribution in [1.82, 2.24) is 0 Å². The van der Waals surface area contributed by atoms with E-state index in [4.69, 9.17) is 0 Å². The van der Waals surface area contributed by atoms with Crippen LogP contribution in [-0.2, 0) is 14.3 Å². The van der Waals surface area contributed by atoms with Gasteiger partial charge in [0.05, 0.1) is 0 Å². The van der Waals surface area contributed by atoms with Gasteiger partial charge in [0.2, 0.25) is 6.10 Å². The Morgan fingerprint density at radius 1 is 1.11 bits per heavy atom. The minimum Gasteiger partial charge on any atom is -0.448 e. The summed E-state index contributed by atoms with van der Waals surface area (Å²) in [6, 6.07) is 5.01. The number of halogens is 3. The van der Waals surface area contributed by atoms with Crippen molar-refractivity contribution in [2.45, 2.75) is 26.1 Å². The average Bonchev–Trinajstić information content (AvgIpc) is 2.24. The third kappa shape index (κ3) is 4.27. The number of ether oxygens (including phenoxy) is 2. The maximum absolute atomic E-state index is 12.9. The summed E-state index contributed by atoms with van der Waals surface area (Å²) < 4.78 is 47.5. The molecule has 0 N–H and O–H groups in total. The van der Waals surface area contributed by atoms with Crippen LogP contribution < -0.4 is 4.74 Å². The van der Waals surface area contributed by atoms with Gasteiger partial charge in [0.1, 0.15) is 5.75 Å². The molecule has 0 aliphatic heterocycles. The molecule has 1 aromatic rings. The van der Waals surface area contributed by atoms with Crippen molar-refractivity contribution in [3.8, 4) is 5.75 Å². The van der Waals surface area contributed by atoms with Gasteiger partial charge in [0.15, 0.2) is 0 Å². The third-order valence-corrected chi connectivity index (χ3v) is 2.04. The second-order valence-electron chi connectivity index (χ2n) is 3.66. The zero-order chi connectivity index (χ0) is 14.6. The molecule has 19 heavy (non-hydrogen) atoms. The number of alkyl halides is 3. The first-order chi connectivity index (χ1) is 8.71. The molecule has 0 saturated carbocycles. The number of para-hydroxylation sites is 1. The van der Waals surface area contributed by atoms with Gasteiger partial charge >= 0.3 is 18.1 Å². The number of hydrogen-bond acceptors (Lipinski definition) is 4. The van der Waals surface area contributed by atoms with Crippen molar-refractivity contribution in [3.05, 3.63) is 29.8 Å². The minimum absolute atomic E-state index is 0.293. The lowest BCUT2D eigenvalue weighted by Crippen LogP contribution is -2.26. The zero-order valence-electron chi connectivity index (χ0n) is 10.2. The highest BCUT2D eigenvalue weighted by Crippen LogP contribution is 2.39. The highest BCUT2D eigenvalue weighted by atomic mass is 19.4. The molecule has 0 aliphatic rings. The lowest BCUT2D eigenvalue weighted by Gasteiger charge is -2.22. The van der Waals surface area contributed by atoms with E-state index in [2.05, 4.69) is 9.47 Å². The summed E-state index contributed by atoms with van der Waals surface area (Å²) in [7, 11) is 0. The van der Waals surface area contributed by atoms with Crippen LogP contribution in [0.5, 0.6) is 5.75 Å². The molecule has 1 rings (SSSR count). The van der Waals surface area contributed by atoms with E-state index in [0.29, 0.717) is 0 Å². The predicted octanol–water partition coefficient (Wildman–Crippen LogP) is 2.78. The number of carbonyl (C=O) groups is 2.